The van der Waals surface area contributed by atoms with Crippen LogP contribution in [0.1, 0.15) is 0 Å². The summed E-state index contributed by atoms with van der Waals surface area (Å²) in [6.45, 7) is 0. The summed E-state index contributed by atoms with van der Waals surface area (Å²) in [5.41, 5.74) is 13.0. The highest BCUT2D eigenvalue weighted by Crippen LogP contribution is 2.45. The van der Waals surface area contributed by atoms with E-state index < -0.39 is 0 Å². The third-order valence-corrected chi connectivity index (χ3v) is 10.1. The molecule has 0 bridgehead atoms. The first-order chi connectivity index (χ1) is 25.8. The van der Waals surface area contributed by atoms with Crippen LogP contribution in [0.4, 0.5) is 17.1 Å². The Morgan fingerprint density at radius 2 is 1.06 bits per heavy atom. The predicted molar refractivity (Wildman–Crippen MR) is 218 cm³/mol. The third kappa shape index (κ3) is 5.10. The van der Waals surface area contributed by atoms with Crippen molar-refractivity contribution in [1.29, 1.82) is 0 Å². The number of rotatable bonds is 6. The SMILES string of the molecule is c1ccc(-c2ccc(N(c3ccc(-c4cc(-c5ccccc5)cc5ccccc45)cc3)c3cccc4oc5c6cccnc6ccc5c34)cc2)cc1. The Morgan fingerprint density at radius 3 is 1.81 bits per heavy atom. The molecule has 3 nitrogen and oxygen atoms in total. The van der Waals surface area contributed by atoms with E-state index in [2.05, 4.69) is 192 Å². The monoisotopic (exact) mass is 664 g/mol. The minimum Gasteiger partial charge on any atom is -0.455 e. The maximum atomic E-state index is 6.60. The van der Waals surface area contributed by atoms with Crippen LogP contribution in [0.3, 0.4) is 0 Å². The average Bonchev–Trinajstić information content (AvgIpc) is 3.62. The number of hydrogen-bond acceptors (Lipinski definition) is 3. The molecule has 0 aliphatic rings. The molecule has 0 amide bonds. The Balaban J connectivity index is 1.15. The Morgan fingerprint density at radius 1 is 0.423 bits per heavy atom. The van der Waals surface area contributed by atoms with Crippen LogP contribution in [0.15, 0.2) is 199 Å². The molecule has 2 heterocycles. The van der Waals surface area contributed by atoms with Gasteiger partial charge in [-0.25, -0.2) is 0 Å². The lowest BCUT2D eigenvalue weighted by atomic mass is 9.93. The first kappa shape index (κ1) is 29.9. The van der Waals surface area contributed by atoms with Gasteiger partial charge < -0.3 is 9.32 Å². The number of benzene rings is 8. The van der Waals surface area contributed by atoms with Gasteiger partial charge in [-0.15, -0.1) is 0 Å². The Hall–Kier alpha value is -6.97. The molecule has 10 aromatic rings. The van der Waals surface area contributed by atoms with E-state index in [1.807, 2.05) is 12.3 Å². The van der Waals surface area contributed by atoms with Crippen molar-refractivity contribution in [3.8, 4) is 33.4 Å². The maximum Gasteiger partial charge on any atom is 0.144 e. The van der Waals surface area contributed by atoms with E-state index in [1.54, 1.807) is 0 Å². The number of hydrogen-bond donors (Lipinski definition) is 0. The molecule has 0 spiro atoms. The third-order valence-electron chi connectivity index (χ3n) is 10.1. The molecule has 0 aliphatic heterocycles. The van der Waals surface area contributed by atoms with Crippen LogP contribution in [0.2, 0.25) is 0 Å². The molecule has 8 aromatic carbocycles. The predicted octanol–water partition coefficient (Wildman–Crippen LogP) is 13.8. The van der Waals surface area contributed by atoms with Crippen LogP contribution in [0.25, 0.3) is 77.0 Å². The van der Waals surface area contributed by atoms with Crippen molar-refractivity contribution in [1.82, 2.24) is 4.98 Å². The van der Waals surface area contributed by atoms with Gasteiger partial charge in [0, 0.05) is 28.3 Å². The molecule has 0 saturated carbocycles. The molecule has 0 atom stereocenters. The topological polar surface area (TPSA) is 29.3 Å². The van der Waals surface area contributed by atoms with Gasteiger partial charge >= 0.3 is 0 Å². The molecule has 0 aliphatic carbocycles. The number of aromatic nitrogens is 1. The summed E-state index contributed by atoms with van der Waals surface area (Å²) in [5.74, 6) is 0. The largest absolute Gasteiger partial charge is 0.455 e. The molecular weight excluding hydrogens is 633 g/mol. The highest BCUT2D eigenvalue weighted by atomic mass is 16.3. The summed E-state index contributed by atoms with van der Waals surface area (Å²) >= 11 is 0. The van der Waals surface area contributed by atoms with E-state index in [0.29, 0.717) is 0 Å². The lowest BCUT2D eigenvalue weighted by molar-refractivity contribution is 0.672. The summed E-state index contributed by atoms with van der Waals surface area (Å²) in [4.78, 5) is 6.94. The molecule has 0 N–H and O–H groups in total. The zero-order chi connectivity index (χ0) is 34.4. The van der Waals surface area contributed by atoms with E-state index in [-0.39, 0.29) is 0 Å². The second-order valence-corrected chi connectivity index (χ2v) is 13.2. The zero-order valence-corrected chi connectivity index (χ0v) is 28.3. The van der Waals surface area contributed by atoms with Crippen LogP contribution in [0, 0.1) is 0 Å². The van der Waals surface area contributed by atoms with Crippen LogP contribution in [0.5, 0.6) is 0 Å². The minimum absolute atomic E-state index is 0.843. The Kier molecular flexibility index (Phi) is 7.14. The molecule has 0 saturated heterocycles. The average molecular weight is 665 g/mol. The number of pyridine rings is 1. The summed E-state index contributed by atoms with van der Waals surface area (Å²) in [7, 11) is 0. The first-order valence-corrected chi connectivity index (χ1v) is 17.6. The van der Waals surface area contributed by atoms with Crippen molar-refractivity contribution in [3.63, 3.8) is 0 Å². The summed E-state index contributed by atoms with van der Waals surface area (Å²) in [5, 5.41) is 5.61. The normalized spacial score (nSPS) is 11.5. The molecule has 0 unspecified atom stereocenters. The highest BCUT2D eigenvalue weighted by Gasteiger charge is 2.21. The van der Waals surface area contributed by atoms with Crippen molar-refractivity contribution in [2.24, 2.45) is 0 Å². The van der Waals surface area contributed by atoms with Crippen molar-refractivity contribution in [2.45, 2.75) is 0 Å². The van der Waals surface area contributed by atoms with Gasteiger partial charge in [0.25, 0.3) is 0 Å². The molecule has 3 heteroatoms. The fraction of sp³-hybridized carbons (Fsp3) is 0. The standard InChI is InChI=1S/C49H32N2O/c1-3-11-33(12-4-1)35-20-24-39(25-21-35)51(46-18-9-19-47-48(46)43-28-29-45-42(49(43)52-47)17-10-30-50-45)40-26-22-36(23-27-40)44-32-38(34-13-5-2-6-14-34)31-37-15-7-8-16-41(37)44/h1-32H. The number of fused-ring (bicyclic) bond motifs is 6. The summed E-state index contributed by atoms with van der Waals surface area (Å²) in [6.07, 6.45) is 1.83. The molecule has 0 fully saturated rings. The van der Waals surface area contributed by atoms with Crippen LogP contribution < -0.4 is 4.90 Å². The van der Waals surface area contributed by atoms with Crippen LogP contribution >= 0.6 is 0 Å². The van der Waals surface area contributed by atoms with Gasteiger partial charge in [0.1, 0.15) is 11.2 Å². The second kappa shape index (κ2) is 12.4. The van der Waals surface area contributed by atoms with E-state index in [0.717, 1.165) is 49.9 Å². The zero-order valence-electron chi connectivity index (χ0n) is 28.3. The smallest absolute Gasteiger partial charge is 0.144 e. The molecule has 0 radical (unpaired) electrons. The van der Waals surface area contributed by atoms with Gasteiger partial charge in [-0.1, -0.05) is 115 Å². The second-order valence-electron chi connectivity index (χ2n) is 13.2. The van der Waals surface area contributed by atoms with Gasteiger partial charge in [-0.05, 0) is 117 Å². The molecule has 244 valence electrons. The lowest BCUT2D eigenvalue weighted by Crippen LogP contribution is -2.10. The van der Waals surface area contributed by atoms with Gasteiger partial charge in [-0.3, -0.25) is 4.98 Å². The Bertz CT molecular complexity index is 2880. The van der Waals surface area contributed by atoms with Gasteiger partial charge in [0.15, 0.2) is 0 Å². The van der Waals surface area contributed by atoms with Crippen molar-refractivity contribution in [3.05, 3.63) is 194 Å². The van der Waals surface area contributed by atoms with Crippen LogP contribution in [-0.2, 0) is 0 Å². The molecular formula is C49H32N2O. The minimum atomic E-state index is 0.843. The van der Waals surface area contributed by atoms with Crippen LogP contribution in [-0.4, -0.2) is 4.98 Å². The fourth-order valence-corrected chi connectivity index (χ4v) is 7.60. The molecule has 2 aromatic heterocycles. The van der Waals surface area contributed by atoms with Gasteiger partial charge in [0.2, 0.25) is 0 Å². The fourth-order valence-electron chi connectivity index (χ4n) is 7.60. The number of anilines is 3. The Labute approximate surface area is 301 Å². The van der Waals surface area contributed by atoms with E-state index in [4.69, 9.17) is 4.42 Å². The van der Waals surface area contributed by atoms with E-state index in [1.165, 1.54) is 44.2 Å². The number of nitrogens with zero attached hydrogens (tertiary/aromatic N) is 2. The van der Waals surface area contributed by atoms with E-state index >= 15 is 0 Å². The molecule has 10 rings (SSSR count). The van der Waals surface area contributed by atoms with Gasteiger partial charge in [0.05, 0.1) is 16.6 Å². The van der Waals surface area contributed by atoms with Crippen molar-refractivity contribution < 1.29 is 4.42 Å². The maximum absolute atomic E-state index is 6.60. The quantitative estimate of drug-likeness (QED) is 0.177. The molecule has 52 heavy (non-hydrogen) atoms. The van der Waals surface area contributed by atoms with Crippen molar-refractivity contribution in [2.75, 3.05) is 4.90 Å². The number of furan rings is 1. The lowest BCUT2D eigenvalue weighted by Gasteiger charge is -2.27. The van der Waals surface area contributed by atoms with Crippen molar-refractivity contribution >= 4 is 60.7 Å². The summed E-state index contributed by atoms with van der Waals surface area (Å²) in [6, 6.07) is 66.9. The van der Waals surface area contributed by atoms with Gasteiger partial charge in [-0.2, -0.15) is 0 Å². The summed E-state index contributed by atoms with van der Waals surface area (Å²) < 4.78 is 6.60. The van der Waals surface area contributed by atoms with E-state index in [9.17, 15) is 0 Å². The first-order valence-electron chi connectivity index (χ1n) is 17.6. The highest BCUT2D eigenvalue weighted by molar-refractivity contribution is 6.19.